The highest BCUT2D eigenvalue weighted by atomic mass is 16.5. The smallest absolute Gasteiger partial charge is 0.224 e. The lowest BCUT2D eigenvalue weighted by molar-refractivity contribution is -0.125. The van der Waals surface area contributed by atoms with E-state index in [-0.39, 0.29) is 11.8 Å². The third-order valence-electron chi connectivity index (χ3n) is 4.81. The lowest BCUT2D eigenvalue weighted by Crippen LogP contribution is -2.43. The Labute approximate surface area is 160 Å². The molecule has 1 fully saturated rings. The van der Waals surface area contributed by atoms with E-state index in [2.05, 4.69) is 20.4 Å². The number of rotatable bonds is 8. The Kier molecular flexibility index (Phi) is 7.16. The molecular weight excluding hydrogens is 340 g/mol. The fraction of sp³-hybridized carbons (Fsp3) is 0.476. The summed E-state index contributed by atoms with van der Waals surface area (Å²) in [4.78, 5) is 14.6. The number of amides is 1. The Balaban J connectivity index is 1.54. The second-order valence-electron chi connectivity index (χ2n) is 6.77. The van der Waals surface area contributed by atoms with Crippen LogP contribution in [-0.4, -0.2) is 49.0 Å². The summed E-state index contributed by atoms with van der Waals surface area (Å²) in [6.07, 6.45) is 2.75. The quantitative estimate of drug-likeness (QED) is 0.726. The minimum atomic E-state index is 0.00134. The molecule has 1 amide bonds. The van der Waals surface area contributed by atoms with Crippen LogP contribution in [0.2, 0.25) is 0 Å². The highest BCUT2D eigenvalue weighted by Crippen LogP contribution is 2.23. The molecule has 2 heterocycles. The number of nitrogens with one attached hydrogen (secondary N) is 1. The zero-order valence-corrected chi connectivity index (χ0v) is 15.9. The zero-order valence-electron chi connectivity index (χ0n) is 15.9. The van der Waals surface area contributed by atoms with E-state index in [0.717, 1.165) is 49.5 Å². The van der Waals surface area contributed by atoms with Gasteiger partial charge in [0.25, 0.3) is 0 Å². The van der Waals surface area contributed by atoms with Gasteiger partial charge in [-0.3, -0.25) is 4.79 Å². The molecule has 0 bridgehead atoms. The van der Waals surface area contributed by atoms with Gasteiger partial charge in [-0.25, -0.2) is 0 Å². The van der Waals surface area contributed by atoms with Crippen LogP contribution >= 0.6 is 0 Å². The van der Waals surface area contributed by atoms with Crippen molar-refractivity contribution in [3.8, 4) is 11.3 Å². The third-order valence-corrected chi connectivity index (χ3v) is 4.81. The van der Waals surface area contributed by atoms with Crippen molar-refractivity contribution in [2.24, 2.45) is 5.92 Å². The van der Waals surface area contributed by atoms with Gasteiger partial charge in [-0.1, -0.05) is 30.3 Å². The van der Waals surface area contributed by atoms with E-state index in [0.29, 0.717) is 19.7 Å². The van der Waals surface area contributed by atoms with Crippen molar-refractivity contribution in [1.82, 2.24) is 15.5 Å². The van der Waals surface area contributed by atoms with Gasteiger partial charge >= 0.3 is 0 Å². The molecular formula is C21H28N4O2. The van der Waals surface area contributed by atoms with Crippen LogP contribution in [0, 0.1) is 5.92 Å². The monoisotopic (exact) mass is 368 g/mol. The second-order valence-corrected chi connectivity index (χ2v) is 6.77. The molecule has 1 aromatic heterocycles. The molecule has 3 rings (SSSR count). The van der Waals surface area contributed by atoms with Crippen LogP contribution < -0.4 is 10.2 Å². The molecule has 1 unspecified atom stereocenters. The molecule has 144 valence electrons. The first-order valence-electron chi connectivity index (χ1n) is 9.77. The predicted molar refractivity (Wildman–Crippen MR) is 107 cm³/mol. The van der Waals surface area contributed by atoms with E-state index in [1.807, 2.05) is 49.4 Å². The van der Waals surface area contributed by atoms with Crippen molar-refractivity contribution in [2.75, 3.05) is 37.7 Å². The van der Waals surface area contributed by atoms with E-state index < -0.39 is 0 Å². The first kappa shape index (κ1) is 19.3. The molecule has 1 saturated heterocycles. The number of hydrogen-bond donors (Lipinski definition) is 1. The van der Waals surface area contributed by atoms with Crippen molar-refractivity contribution in [3.05, 3.63) is 42.5 Å². The molecule has 27 heavy (non-hydrogen) atoms. The molecule has 2 aromatic rings. The molecule has 0 aliphatic carbocycles. The third kappa shape index (κ3) is 5.50. The summed E-state index contributed by atoms with van der Waals surface area (Å²) in [5.41, 5.74) is 1.92. The first-order chi connectivity index (χ1) is 13.3. The number of hydrogen-bond acceptors (Lipinski definition) is 5. The van der Waals surface area contributed by atoms with E-state index >= 15 is 0 Å². The standard InChI is InChI=1S/C21H28N4O2/c1-2-27-15-7-13-22-21(26)18-10-6-14-25(16-18)20-12-11-19(23-24-20)17-8-4-3-5-9-17/h3-5,8-9,11-12,18H,2,6-7,10,13-16H2,1H3,(H,22,26). The van der Waals surface area contributed by atoms with Crippen LogP contribution in [0.15, 0.2) is 42.5 Å². The largest absolute Gasteiger partial charge is 0.382 e. The van der Waals surface area contributed by atoms with Gasteiger partial charge in [0.05, 0.1) is 11.6 Å². The van der Waals surface area contributed by atoms with Crippen LogP contribution in [0.4, 0.5) is 5.82 Å². The molecule has 1 aliphatic heterocycles. The first-order valence-corrected chi connectivity index (χ1v) is 9.77. The molecule has 1 N–H and O–H groups in total. The number of aromatic nitrogens is 2. The molecule has 1 aromatic carbocycles. The maximum Gasteiger partial charge on any atom is 0.224 e. The average Bonchev–Trinajstić information content (AvgIpc) is 2.74. The van der Waals surface area contributed by atoms with Gasteiger partial charge in [0.2, 0.25) is 5.91 Å². The number of carbonyl (C=O) groups is 1. The van der Waals surface area contributed by atoms with E-state index in [9.17, 15) is 4.79 Å². The topological polar surface area (TPSA) is 67.3 Å². The fourth-order valence-electron chi connectivity index (χ4n) is 3.33. The Bertz CT molecular complexity index is 706. The maximum atomic E-state index is 12.4. The summed E-state index contributed by atoms with van der Waals surface area (Å²) in [7, 11) is 0. The summed E-state index contributed by atoms with van der Waals surface area (Å²) < 4.78 is 5.30. The molecule has 1 atom stereocenters. The normalized spacial score (nSPS) is 16.9. The van der Waals surface area contributed by atoms with Crippen molar-refractivity contribution >= 4 is 11.7 Å². The van der Waals surface area contributed by atoms with Gasteiger partial charge in [0, 0.05) is 38.4 Å². The van der Waals surface area contributed by atoms with Gasteiger partial charge in [0.15, 0.2) is 5.82 Å². The molecule has 0 radical (unpaired) electrons. The molecule has 1 aliphatic rings. The number of ether oxygens (including phenoxy) is 1. The summed E-state index contributed by atoms with van der Waals surface area (Å²) in [6.45, 7) is 5.65. The summed E-state index contributed by atoms with van der Waals surface area (Å²) >= 11 is 0. The number of benzene rings is 1. The summed E-state index contributed by atoms with van der Waals surface area (Å²) in [5, 5.41) is 11.8. The highest BCUT2D eigenvalue weighted by molar-refractivity contribution is 5.79. The zero-order chi connectivity index (χ0) is 18.9. The van der Waals surface area contributed by atoms with Crippen molar-refractivity contribution in [1.29, 1.82) is 0 Å². The van der Waals surface area contributed by atoms with Gasteiger partial charge in [-0.05, 0) is 38.3 Å². The van der Waals surface area contributed by atoms with Crippen LogP contribution in [0.5, 0.6) is 0 Å². The summed E-state index contributed by atoms with van der Waals surface area (Å²) in [6, 6.07) is 14.0. The average molecular weight is 368 g/mol. The lowest BCUT2D eigenvalue weighted by atomic mass is 9.97. The number of carbonyl (C=O) groups excluding carboxylic acids is 1. The van der Waals surface area contributed by atoms with Crippen LogP contribution in [-0.2, 0) is 9.53 Å². The van der Waals surface area contributed by atoms with Gasteiger partial charge in [-0.2, -0.15) is 0 Å². The highest BCUT2D eigenvalue weighted by Gasteiger charge is 2.26. The van der Waals surface area contributed by atoms with Crippen LogP contribution in [0.25, 0.3) is 11.3 Å². The predicted octanol–water partition coefficient (Wildman–Crippen LogP) is 2.90. The van der Waals surface area contributed by atoms with E-state index in [1.54, 1.807) is 0 Å². The van der Waals surface area contributed by atoms with Crippen LogP contribution in [0.3, 0.4) is 0 Å². The van der Waals surface area contributed by atoms with E-state index in [4.69, 9.17) is 4.74 Å². The van der Waals surface area contributed by atoms with E-state index in [1.165, 1.54) is 0 Å². The fourth-order valence-corrected chi connectivity index (χ4v) is 3.33. The minimum absolute atomic E-state index is 0.00134. The Hall–Kier alpha value is -2.47. The number of anilines is 1. The van der Waals surface area contributed by atoms with Crippen LogP contribution in [0.1, 0.15) is 26.2 Å². The minimum Gasteiger partial charge on any atom is -0.382 e. The molecule has 6 heteroatoms. The van der Waals surface area contributed by atoms with Crippen molar-refractivity contribution < 1.29 is 9.53 Å². The van der Waals surface area contributed by atoms with Crippen molar-refractivity contribution in [3.63, 3.8) is 0 Å². The van der Waals surface area contributed by atoms with Gasteiger partial charge in [0.1, 0.15) is 0 Å². The Morgan fingerprint density at radius 2 is 2.07 bits per heavy atom. The summed E-state index contributed by atoms with van der Waals surface area (Å²) in [5.74, 6) is 0.968. The number of nitrogens with zero attached hydrogens (tertiary/aromatic N) is 3. The SMILES string of the molecule is CCOCCCNC(=O)C1CCCN(c2ccc(-c3ccccc3)nn2)C1. The number of piperidine rings is 1. The van der Waals surface area contributed by atoms with Crippen molar-refractivity contribution in [2.45, 2.75) is 26.2 Å². The maximum absolute atomic E-state index is 12.4. The van der Waals surface area contributed by atoms with Gasteiger partial charge in [-0.15, -0.1) is 10.2 Å². The second kappa shape index (κ2) is 10.0. The van der Waals surface area contributed by atoms with Gasteiger partial charge < -0.3 is 15.0 Å². The molecule has 6 nitrogen and oxygen atoms in total. The lowest BCUT2D eigenvalue weighted by Gasteiger charge is -2.32. The Morgan fingerprint density at radius 1 is 1.22 bits per heavy atom. The molecule has 0 saturated carbocycles. The molecule has 0 spiro atoms. The Morgan fingerprint density at radius 3 is 2.81 bits per heavy atom.